The van der Waals surface area contributed by atoms with Crippen molar-refractivity contribution in [2.24, 2.45) is 0 Å². The fraction of sp³-hybridized carbons (Fsp3) is 0.158. The third kappa shape index (κ3) is 3.84. The number of anilines is 1. The maximum Gasteiger partial charge on any atom is 0.468 e. The minimum Gasteiger partial charge on any atom is -0.438 e. The SMILES string of the molecule is Cc1cccc(F)c1C(=O)Nc1ccc(-c2nc(C(F)(F)F)oc2C)cc1. The average molecular weight is 378 g/mol. The van der Waals surface area contributed by atoms with E-state index in [0.29, 0.717) is 16.8 Å². The number of aryl methyl sites for hydroxylation is 2. The standard InChI is InChI=1S/C19H14F4N2O2/c1-10-4-3-5-14(20)15(10)17(26)24-13-8-6-12(7-9-13)16-11(2)27-18(25-16)19(21,22)23/h3-9H,1-2H3,(H,24,26). The summed E-state index contributed by atoms with van der Waals surface area (Å²) in [4.78, 5) is 15.8. The van der Waals surface area contributed by atoms with E-state index in [2.05, 4.69) is 14.7 Å². The van der Waals surface area contributed by atoms with E-state index >= 15 is 0 Å². The van der Waals surface area contributed by atoms with Crippen LogP contribution < -0.4 is 5.32 Å². The summed E-state index contributed by atoms with van der Waals surface area (Å²) in [6.45, 7) is 3.00. The van der Waals surface area contributed by atoms with Crippen molar-refractivity contribution in [1.29, 1.82) is 0 Å². The maximum absolute atomic E-state index is 13.9. The molecule has 1 heterocycles. The van der Waals surface area contributed by atoms with Gasteiger partial charge in [-0.2, -0.15) is 13.2 Å². The monoisotopic (exact) mass is 378 g/mol. The van der Waals surface area contributed by atoms with Crippen molar-refractivity contribution in [2.45, 2.75) is 20.0 Å². The molecule has 0 aliphatic rings. The van der Waals surface area contributed by atoms with Crippen molar-refractivity contribution >= 4 is 11.6 Å². The summed E-state index contributed by atoms with van der Waals surface area (Å²) in [7, 11) is 0. The Kier molecular flexibility index (Phi) is 4.73. The Balaban J connectivity index is 1.82. The van der Waals surface area contributed by atoms with Gasteiger partial charge in [0.15, 0.2) is 0 Å². The fourth-order valence-corrected chi connectivity index (χ4v) is 2.61. The van der Waals surface area contributed by atoms with Crippen LogP contribution in [0.15, 0.2) is 46.9 Å². The summed E-state index contributed by atoms with van der Waals surface area (Å²) in [5, 5.41) is 2.56. The van der Waals surface area contributed by atoms with E-state index in [1.807, 2.05) is 0 Å². The van der Waals surface area contributed by atoms with Gasteiger partial charge >= 0.3 is 12.1 Å². The summed E-state index contributed by atoms with van der Waals surface area (Å²) in [6.07, 6.45) is -4.67. The average Bonchev–Trinajstić information content (AvgIpc) is 2.97. The Morgan fingerprint density at radius 1 is 1.07 bits per heavy atom. The molecule has 1 aromatic heterocycles. The number of halogens is 4. The molecule has 1 amide bonds. The van der Waals surface area contributed by atoms with Crippen molar-refractivity contribution in [3.8, 4) is 11.3 Å². The van der Waals surface area contributed by atoms with Crippen LogP contribution in [0.3, 0.4) is 0 Å². The number of alkyl halides is 3. The Morgan fingerprint density at radius 3 is 2.30 bits per heavy atom. The van der Waals surface area contributed by atoms with Crippen molar-refractivity contribution in [2.75, 3.05) is 5.32 Å². The second kappa shape index (κ2) is 6.86. The van der Waals surface area contributed by atoms with E-state index < -0.39 is 23.8 Å². The topological polar surface area (TPSA) is 55.1 Å². The van der Waals surface area contributed by atoms with Gasteiger partial charge in [0.1, 0.15) is 17.3 Å². The number of amides is 1. The molecule has 27 heavy (non-hydrogen) atoms. The molecular formula is C19H14F4N2O2. The number of nitrogens with one attached hydrogen (secondary N) is 1. The van der Waals surface area contributed by atoms with E-state index in [1.165, 1.54) is 43.3 Å². The van der Waals surface area contributed by atoms with Crippen molar-refractivity contribution in [3.05, 3.63) is 71.1 Å². The van der Waals surface area contributed by atoms with Gasteiger partial charge in [-0.1, -0.05) is 24.3 Å². The second-order valence-corrected chi connectivity index (χ2v) is 5.88. The smallest absolute Gasteiger partial charge is 0.438 e. The highest BCUT2D eigenvalue weighted by atomic mass is 19.4. The number of carbonyl (C=O) groups excluding carboxylic acids is 1. The highest BCUT2D eigenvalue weighted by Crippen LogP contribution is 2.33. The zero-order valence-corrected chi connectivity index (χ0v) is 14.3. The van der Waals surface area contributed by atoms with Gasteiger partial charge in [-0.25, -0.2) is 9.37 Å². The number of rotatable bonds is 3. The molecule has 0 saturated heterocycles. The molecule has 0 aliphatic carbocycles. The van der Waals surface area contributed by atoms with E-state index in [9.17, 15) is 22.4 Å². The summed E-state index contributed by atoms with van der Waals surface area (Å²) in [5.74, 6) is -2.54. The number of hydrogen-bond donors (Lipinski definition) is 1. The highest BCUT2D eigenvalue weighted by molar-refractivity contribution is 6.05. The van der Waals surface area contributed by atoms with Crippen LogP contribution in [0.2, 0.25) is 0 Å². The van der Waals surface area contributed by atoms with Crippen LogP contribution in [0.1, 0.15) is 27.6 Å². The van der Waals surface area contributed by atoms with E-state index in [4.69, 9.17) is 0 Å². The zero-order valence-electron chi connectivity index (χ0n) is 14.3. The molecule has 0 radical (unpaired) electrons. The van der Waals surface area contributed by atoms with Gasteiger partial charge in [-0.05, 0) is 37.6 Å². The molecule has 0 atom stereocenters. The molecule has 3 rings (SSSR count). The lowest BCUT2D eigenvalue weighted by molar-refractivity contribution is -0.157. The van der Waals surface area contributed by atoms with Crippen LogP contribution in [0.25, 0.3) is 11.3 Å². The van der Waals surface area contributed by atoms with Crippen LogP contribution in [-0.2, 0) is 6.18 Å². The lowest BCUT2D eigenvalue weighted by atomic mass is 10.1. The number of carbonyl (C=O) groups is 1. The number of nitrogens with zero attached hydrogens (tertiary/aromatic N) is 1. The molecule has 8 heteroatoms. The maximum atomic E-state index is 13.9. The molecule has 0 aliphatic heterocycles. The van der Waals surface area contributed by atoms with Gasteiger partial charge in [0, 0.05) is 11.3 Å². The highest BCUT2D eigenvalue weighted by Gasteiger charge is 2.38. The first kappa shape index (κ1) is 18.6. The summed E-state index contributed by atoms with van der Waals surface area (Å²) < 4.78 is 56.6. The predicted octanol–water partition coefficient (Wildman–Crippen LogP) is 5.37. The Hall–Kier alpha value is -3.16. The van der Waals surface area contributed by atoms with Gasteiger partial charge in [-0.3, -0.25) is 4.79 Å². The third-order valence-electron chi connectivity index (χ3n) is 3.90. The molecule has 140 valence electrons. The van der Waals surface area contributed by atoms with Crippen LogP contribution >= 0.6 is 0 Å². The first-order valence-electron chi connectivity index (χ1n) is 7.88. The lowest BCUT2D eigenvalue weighted by Gasteiger charge is -2.09. The summed E-state index contributed by atoms with van der Waals surface area (Å²) >= 11 is 0. The quantitative estimate of drug-likeness (QED) is 0.624. The first-order valence-corrected chi connectivity index (χ1v) is 7.88. The molecule has 2 aromatic carbocycles. The fourth-order valence-electron chi connectivity index (χ4n) is 2.61. The van der Waals surface area contributed by atoms with Crippen molar-refractivity contribution in [3.63, 3.8) is 0 Å². The molecule has 0 saturated carbocycles. The minimum atomic E-state index is -4.67. The molecule has 0 spiro atoms. The molecule has 0 unspecified atom stereocenters. The van der Waals surface area contributed by atoms with Crippen molar-refractivity contribution < 1.29 is 26.8 Å². The van der Waals surface area contributed by atoms with Gasteiger partial charge in [0.05, 0.1) is 5.56 Å². The third-order valence-corrected chi connectivity index (χ3v) is 3.90. The molecule has 0 fully saturated rings. The van der Waals surface area contributed by atoms with Crippen LogP contribution in [-0.4, -0.2) is 10.9 Å². The lowest BCUT2D eigenvalue weighted by Crippen LogP contribution is -2.15. The molecule has 0 bridgehead atoms. The van der Waals surface area contributed by atoms with E-state index in [0.717, 1.165) is 0 Å². The summed E-state index contributed by atoms with van der Waals surface area (Å²) in [6, 6.07) is 10.3. The number of hydrogen-bond acceptors (Lipinski definition) is 3. The largest absolute Gasteiger partial charge is 0.468 e. The molecular weight excluding hydrogens is 364 g/mol. The van der Waals surface area contributed by atoms with E-state index in [1.54, 1.807) is 13.0 Å². The van der Waals surface area contributed by atoms with Gasteiger partial charge in [0.2, 0.25) is 0 Å². The molecule has 3 aromatic rings. The summed E-state index contributed by atoms with van der Waals surface area (Å²) in [5.41, 5.74) is 1.24. The van der Waals surface area contributed by atoms with Gasteiger partial charge in [-0.15, -0.1) is 0 Å². The number of oxazole rings is 1. The van der Waals surface area contributed by atoms with E-state index in [-0.39, 0.29) is 17.0 Å². The Morgan fingerprint density at radius 2 is 1.74 bits per heavy atom. The molecule has 1 N–H and O–H groups in total. The normalized spacial score (nSPS) is 11.5. The minimum absolute atomic E-state index is 0.0288. The van der Waals surface area contributed by atoms with Crippen LogP contribution in [0.4, 0.5) is 23.2 Å². The van der Waals surface area contributed by atoms with Crippen molar-refractivity contribution in [1.82, 2.24) is 4.98 Å². The number of aromatic nitrogens is 1. The van der Waals surface area contributed by atoms with Crippen LogP contribution in [0, 0.1) is 19.7 Å². The Bertz CT molecular complexity index is 972. The van der Waals surface area contributed by atoms with Gasteiger partial charge in [0.25, 0.3) is 5.91 Å². The molecule has 4 nitrogen and oxygen atoms in total. The number of benzene rings is 2. The zero-order chi connectivity index (χ0) is 19.8. The predicted molar refractivity (Wildman–Crippen MR) is 90.8 cm³/mol. The van der Waals surface area contributed by atoms with Crippen LogP contribution in [0.5, 0.6) is 0 Å². The second-order valence-electron chi connectivity index (χ2n) is 5.88. The Labute approximate surface area is 151 Å². The first-order chi connectivity index (χ1) is 12.7. The van der Waals surface area contributed by atoms with Gasteiger partial charge < -0.3 is 9.73 Å².